The van der Waals surface area contributed by atoms with Gasteiger partial charge in [-0.2, -0.15) is 0 Å². The third-order valence-corrected chi connectivity index (χ3v) is 7.29. The van der Waals surface area contributed by atoms with Crippen molar-refractivity contribution in [3.05, 3.63) is 92.8 Å². The summed E-state index contributed by atoms with van der Waals surface area (Å²) in [6.45, 7) is 8.75. The van der Waals surface area contributed by atoms with Crippen LogP contribution in [0.4, 0.5) is 5.69 Å². The Balaban J connectivity index is 1.69. The predicted molar refractivity (Wildman–Crippen MR) is 152 cm³/mol. The van der Waals surface area contributed by atoms with Crippen LogP contribution < -0.4 is 24.5 Å². The summed E-state index contributed by atoms with van der Waals surface area (Å²) in [6, 6.07) is 15.6. The monoisotopic (exact) mass is 527 g/mol. The van der Waals surface area contributed by atoms with E-state index >= 15 is 0 Å². The number of hydrogen-bond donors (Lipinski definition) is 0. The number of hydrogen-bond acceptors (Lipinski definition) is 6. The van der Waals surface area contributed by atoms with Gasteiger partial charge in [0.2, 0.25) is 5.76 Å². The number of benzene rings is 3. The summed E-state index contributed by atoms with van der Waals surface area (Å²) in [5.74, 6) is 1.98. The van der Waals surface area contributed by atoms with Gasteiger partial charge in [-0.15, -0.1) is 0 Å². The molecule has 0 bridgehead atoms. The summed E-state index contributed by atoms with van der Waals surface area (Å²) >= 11 is 0. The Labute approximate surface area is 227 Å². The number of carbonyl (C=O) groups is 1. The zero-order valence-electron chi connectivity index (χ0n) is 23.2. The van der Waals surface area contributed by atoms with Crippen LogP contribution in [-0.2, 0) is 0 Å². The highest BCUT2D eigenvalue weighted by molar-refractivity contribution is 6.10. The fraction of sp³-hybridized carbons (Fsp3) is 0.312. The van der Waals surface area contributed by atoms with Crippen molar-refractivity contribution in [2.45, 2.75) is 40.2 Å². The first kappa shape index (κ1) is 26.4. The Morgan fingerprint density at radius 2 is 1.62 bits per heavy atom. The van der Waals surface area contributed by atoms with Crippen LogP contribution in [0, 0.1) is 19.8 Å². The Kier molecular flexibility index (Phi) is 7.08. The van der Waals surface area contributed by atoms with Gasteiger partial charge in [0.15, 0.2) is 16.9 Å². The van der Waals surface area contributed by atoms with Crippen molar-refractivity contribution in [2.75, 3.05) is 25.7 Å². The second-order valence-corrected chi connectivity index (χ2v) is 10.3. The third kappa shape index (κ3) is 4.73. The van der Waals surface area contributed by atoms with Crippen molar-refractivity contribution in [3.8, 4) is 17.2 Å². The van der Waals surface area contributed by atoms with Gasteiger partial charge in [0.1, 0.15) is 11.3 Å². The molecule has 0 radical (unpaired) electrons. The van der Waals surface area contributed by atoms with Crippen molar-refractivity contribution in [3.63, 3.8) is 0 Å². The number of rotatable bonds is 8. The van der Waals surface area contributed by atoms with Crippen molar-refractivity contribution < 1.29 is 23.4 Å². The van der Waals surface area contributed by atoms with Gasteiger partial charge in [-0.1, -0.05) is 19.9 Å². The minimum atomic E-state index is -0.721. The first-order chi connectivity index (χ1) is 18.7. The van der Waals surface area contributed by atoms with E-state index in [-0.39, 0.29) is 17.1 Å². The summed E-state index contributed by atoms with van der Waals surface area (Å²) in [7, 11) is 3.17. The Morgan fingerprint density at radius 1 is 0.897 bits per heavy atom. The van der Waals surface area contributed by atoms with Crippen LogP contribution >= 0.6 is 0 Å². The molecular weight excluding hydrogens is 494 g/mol. The van der Waals surface area contributed by atoms with Crippen LogP contribution in [0.25, 0.3) is 11.0 Å². The number of nitrogens with zero attached hydrogens (tertiary/aromatic N) is 1. The lowest BCUT2D eigenvalue weighted by Gasteiger charge is -2.26. The fourth-order valence-electron chi connectivity index (χ4n) is 4.93. The summed E-state index contributed by atoms with van der Waals surface area (Å²) < 4.78 is 23.1. The molecule has 1 unspecified atom stereocenters. The molecule has 1 aliphatic heterocycles. The lowest BCUT2D eigenvalue weighted by Crippen LogP contribution is -2.29. The van der Waals surface area contributed by atoms with E-state index in [9.17, 15) is 9.59 Å². The van der Waals surface area contributed by atoms with Crippen LogP contribution in [-0.4, -0.2) is 26.7 Å². The first-order valence-corrected chi connectivity index (χ1v) is 13.1. The van der Waals surface area contributed by atoms with Gasteiger partial charge in [-0.25, -0.2) is 0 Å². The predicted octanol–water partition coefficient (Wildman–Crippen LogP) is 6.60. The Morgan fingerprint density at radius 3 is 2.28 bits per heavy atom. The Bertz CT molecular complexity index is 1600. The zero-order chi connectivity index (χ0) is 27.8. The van der Waals surface area contributed by atoms with E-state index in [1.165, 1.54) is 0 Å². The van der Waals surface area contributed by atoms with Crippen molar-refractivity contribution in [1.82, 2.24) is 0 Å². The number of aryl methyl sites for hydroxylation is 2. The number of anilines is 1. The molecule has 1 amide bonds. The van der Waals surface area contributed by atoms with E-state index in [1.807, 2.05) is 44.2 Å². The van der Waals surface area contributed by atoms with E-state index in [2.05, 4.69) is 13.8 Å². The van der Waals surface area contributed by atoms with Crippen LogP contribution in [0.15, 0.2) is 63.8 Å². The second kappa shape index (κ2) is 10.5. The second-order valence-electron chi connectivity index (χ2n) is 10.3. The molecule has 4 aromatic rings. The smallest absolute Gasteiger partial charge is 0.295 e. The summed E-state index contributed by atoms with van der Waals surface area (Å²) in [5.41, 5.74) is 3.77. The zero-order valence-corrected chi connectivity index (χ0v) is 23.2. The molecule has 7 heteroatoms. The quantitative estimate of drug-likeness (QED) is 0.257. The van der Waals surface area contributed by atoms with Crippen LogP contribution in [0.2, 0.25) is 0 Å². The van der Waals surface area contributed by atoms with Gasteiger partial charge in [0.05, 0.1) is 37.8 Å². The molecule has 2 heterocycles. The number of methoxy groups -OCH3 is 2. The molecule has 0 saturated carbocycles. The van der Waals surface area contributed by atoms with Crippen molar-refractivity contribution in [2.24, 2.45) is 5.92 Å². The van der Waals surface area contributed by atoms with Gasteiger partial charge >= 0.3 is 0 Å². The molecule has 0 fully saturated rings. The topological polar surface area (TPSA) is 78.2 Å². The van der Waals surface area contributed by atoms with Crippen LogP contribution in [0.5, 0.6) is 17.2 Å². The highest BCUT2D eigenvalue weighted by Crippen LogP contribution is 2.43. The maximum Gasteiger partial charge on any atom is 0.295 e. The average molecular weight is 528 g/mol. The third-order valence-electron chi connectivity index (χ3n) is 7.29. The van der Waals surface area contributed by atoms with Gasteiger partial charge in [-0.3, -0.25) is 14.5 Å². The molecule has 1 aromatic heterocycles. The summed E-state index contributed by atoms with van der Waals surface area (Å²) in [6.07, 6.45) is 0.910. The van der Waals surface area contributed by atoms with E-state index in [0.29, 0.717) is 57.6 Å². The lowest BCUT2D eigenvalue weighted by molar-refractivity contribution is 0.0971. The number of amides is 1. The highest BCUT2D eigenvalue weighted by Gasteiger charge is 2.44. The largest absolute Gasteiger partial charge is 0.497 e. The molecule has 7 nitrogen and oxygen atoms in total. The maximum atomic E-state index is 14.0. The van der Waals surface area contributed by atoms with Crippen LogP contribution in [0.1, 0.15) is 59.1 Å². The van der Waals surface area contributed by atoms with Gasteiger partial charge < -0.3 is 18.6 Å². The van der Waals surface area contributed by atoms with E-state index in [1.54, 1.807) is 43.4 Å². The standard InChI is InChI=1S/C32H33NO6/c1-18(2)13-14-38-25-12-7-21(17-27(25)37-6)29-28-30(34)24-15-19(3)20(4)16-26(24)39-31(28)32(35)33(29)22-8-10-23(36-5)11-9-22/h7-12,15-18,29H,13-14H2,1-6H3. The Hall–Kier alpha value is -4.26. The molecule has 5 rings (SSSR count). The van der Waals surface area contributed by atoms with Gasteiger partial charge in [0, 0.05) is 5.69 Å². The minimum absolute atomic E-state index is 0.0489. The van der Waals surface area contributed by atoms with Crippen molar-refractivity contribution in [1.29, 1.82) is 0 Å². The number of carbonyl (C=O) groups excluding carboxylic acids is 1. The van der Waals surface area contributed by atoms with Crippen molar-refractivity contribution >= 4 is 22.6 Å². The van der Waals surface area contributed by atoms with E-state index in [4.69, 9.17) is 18.6 Å². The van der Waals surface area contributed by atoms with Gasteiger partial charge in [-0.05, 0) is 91.4 Å². The summed E-state index contributed by atoms with van der Waals surface area (Å²) in [5, 5.41) is 0.451. The molecule has 1 atom stereocenters. The lowest BCUT2D eigenvalue weighted by atomic mass is 9.97. The maximum absolute atomic E-state index is 14.0. The molecule has 1 aliphatic rings. The molecule has 0 aliphatic carbocycles. The van der Waals surface area contributed by atoms with E-state index in [0.717, 1.165) is 17.5 Å². The molecule has 39 heavy (non-hydrogen) atoms. The number of fused-ring (bicyclic) bond motifs is 2. The molecule has 0 saturated heterocycles. The fourth-order valence-corrected chi connectivity index (χ4v) is 4.93. The summed E-state index contributed by atoms with van der Waals surface area (Å²) in [4.78, 5) is 29.5. The number of ether oxygens (including phenoxy) is 3. The molecule has 202 valence electrons. The minimum Gasteiger partial charge on any atom is -0.497 e. The molecule has 3 aromatic carbocycles. The molecule has 0 N–H and O–H groups in total. The normalized spacial score (nSPS) is 14.7. The van der Waals surface area contributed by atoms with E-state index < -0.39 is 6.04 Å². The van der Waals surface area contributed by atoms with Crippen LogP contribution in [0.3, 0.4) is 0 Å². The molecular formula is C32H33NO6. The molecule has 0 spiro atoms. The van der Waals surface area contributed by atoms with Gasteiger partial charge in [0.25, 0.3) is 5.91 Å². The first-order valence-electron chi connectivity index (χ1n) is 13.1. The highest BCUT2D eigenvalue weighted by atomic mass is 16.5. The SMILES string of the molecule is COc1ccc(N2C(=O)c3oc4cc(C)c(C)cc4c(=O)c3C2c2ccc(OCCC(C)C)c(OC)c2)cc1. The average Bonchev–Trinajstić information content (AvgIpc) is 3.22.